The minimum Gasteiger partial charge on any atom is -0.376 e. The van der Waals surface area contributed by atoms with Crippen LogP contribution in [0.25, 0.3) is 0 Å². The summed E-state index contributed by atoms with van der Waals surface area (Å²) in [6, 6.07) is 6.19. The van der Waals surface area contributed by atoms with Crippen LogP contribution in [0.15, 0.2) is 18.2 Å². The molecule has 0 bridgehead atoms. The van der Waals surface area contributed by atoms with E-state index >= 15 is 0 Å². The van der Waals surface area contributed by atoms with Crippen molar-refractivity contribution >= 4 is 21.4 Å². The second kappa shape index (κ2) is 6.15. The molecule has 1 aromatic carbocycles. The van der Waals surface area contributed by atoms with Gasteiger partial charge in [0.05, 0.1) is 23.6 Å². The van der Waals surface area contributed by atoms with Crippen molar-refractivity contribution in [3.05, 3.63) is 29.3 Å². The van der Waals surface area contributed by atoms with Gasteiger partial charge in [-0.05, 0) is 56.2 Å². The van der Waals surface area contributed by atoms with E-state index in [4.69, 9.17) is 0 Å². The van der Waals surface area contributed by atoms with Crippen molar-refractivity contribution in [1.82, 2.24) is 5.32 Å². The number of carbonyl (C=O) groups is 1. The third-order valence-corrected chi connectivity index (χ3v) is 6.68. The summed E-state index contributed by atoms with van der Waals surface area (Å²) < 4.78 is 23.2. The Balaban J connectivity index is 1.60. The first-order chi connectivity index (χ1) is 10.9. The average molecular weight is 336 g/mol. The number of aryl methyl sites for hydroxylation is 1. The highest BCUT2D eigenvalue weighted by Gasteiger charge is 2.39. The molecule has 0 saturated carbocycles. The van der Waals surface area contributed by atoms with Crippen molar-refractivity contribution in [3.8, 4) is 0 Å². The molecule has 6 heteroatoms. The van der Waals surface area contributed by atoms with Gasteiger partial charge in [-0.3, -0.25) is 4.79 Å². The highest BCUT2D eigenvalue weighted by atomic mass is 32.2. The van der Waals surface area contributed by atoms with Crippen molar-refractivity contribution in [1.29, 1.82) is 0 Å². The van der Waals surface area contributed by atoms with Crippen LogP contribution in [0, 0.1) is 0 Å². The smallest absolute Gasteiger partial charge is 0.239 e. The number of nitrogens with one attached hydrogen (secondary N) is 2. The Bertz CT molecular complexity index is 715. The lowest BCUT2D eigenvalue weighted by Gasteiger charge is -2.25. The lowest BCUT2D eigenvalue weighted by atomic mass is 9.90. The summed E-state index contributed by atoms with van der Waals surface area (Å²) >= 11 is 0. The Kier molecular flexibility index (Phi) is 4.36. The molecule has 0 unspecified atom stereocenters. The number of carbonyl (C=O) groups excluding carboxylic acids is 1. The summed E-state index contributed by atoms with van der Waals surface area (Å²) in [6.07, 6.45) is 5.06. The summed E-state index contributed by atoms with van der Waals surface area (Å²) in [5.74, 6) is 0.0357. The minimum absolute atomic E-state index is 0.0342. The van der Waals surface area contributed by atoms with E-state index in [1.807, 2.05) is 12.1 Å². The molecule has 5 nitrogen and oxygen atoms in total. The van der Waals surface area contributed by atoms with Crippen LogP contribution in [0.3, 0.4) is 0 Å². The van der Waals surface area contributed by atoms with Crippen LogP contribution in [-0.2, 0) is 27.5 Å². The summed E-state index contributed by atoms with van der Waals surface area (Å²) in [4.78, 5) is 12.2. The van der Waals surface area contributed by atoms with E-state index in [1.165, 1.54) is 24.0 Å². The Labute approximate surface area is 137 Å². The summed E-state index contributed by atoms with van der Waals surface area (Å²) in [6.45, 7) is 1.98. The third kappa shape index (κ3) is 3.86. The number of benzene rings is 1. The Morgan fingerprint density at radius 2 is 2.04 bits per heavy atom. The normalized spacial score (nSPS) is 25.6. The van der Waals surface area contributed by atoms with Crippen LogP contribution in [0.1, 0.15) is 37.3 Å². The van der Waals surface area contributed by atoms with Gasteiger partial charge in [0, 0.05) is 5.69 Å². The zero-order valence-corrected chi connectivity index (χ0v) is 14.3. The Morgan fingerprint density at radius 1 is 1.26 bits per heavy atom. The first kappa shape index (κ1) is 16.3. The van der Waals surface area contributed by atoms with Gasteiger partial charge in [0.25, 0.3) is 0 Å². The molecule has 0 aromatic heterocycles. The zero-order valence-electron chi connectivity index (χ0n) is 13.5. The first-order valence-corrected chi connectivity index (χ1v) is 10.1. The number of fused-ring (bicyclic) bond motifs is 1. The number of hydrogen-bond donors (Lipinski definition) is 2. The highest BCUT2D eigenvalue weighted by molar-refractivity contribution is 7.91. The van der Waals surface area contributed by atoms with Gasteiger partial charge in [0.1, 0.15) is 0 Å². The number of sulfone groups is 1. The van der Waals surface area contributed by atoms with Gasteiger partial charge in [0.2, 0.25) is 5.91 Å². The van der Waals surface area contributed by atoms with Crippen molar-refractivity contribution in [2.24, 2.45) is 0 Å². The molecule has 126 valence electrons. The largest absolute Gasteiger partial charge is 0.376 e. The topological polar surface area (TPSA) is 75.3 Å². The molecular formula is C17H24N2O3S. The Hall–Kier alpha value is -1.56. The van der Waals surface area contributed by atoms with Crippen LogP contribution >= 0.6 is 0 Å². The predicted octanol–water partition coefficient (Wildman–Crippen LogP) is 1.67. The van der Waals surface area contributed by atoms with Gasteiger partial charge < -0.3 is 10.6 Å². The first-order valence-electron chi connectivity index (χ1n) is 8.23. The molecule has 1 atom stereocenters. The minimum atomic E-state index is -3.01. The number of amides is 1. The fourth-order valence-electron chi connectivity index (χ4n) is 3.61. The lowest BCUT2D eigenvalue weighted by molar-refractivity contribution is -0.120. The molecule has 1 amide bonds. The monoisotopic (exact) mass is 336 g/mol. The summed E-state index contributed by atoms with van der Waals surface area (Å²) in [5.41, 5.74) is 3.09. The molecular weight excluding hydrogens is 312 g/mol. The maximum absolute atomic E-state index is 12.2. The van der Waals surface area contributed by atoms with Crippen LogP contribution in [0.4, 0.5) is 5.69 Å². The molecule has 1 fully saturated rings. The molecule has 1 aromatic rings. The second-order valence-electron chi connectivity index (χ2n) is 6.95. The molecule has 23 heavy (non-hydrogen) atoms. The van der Waals surface area contributed by atoms with Crippen molar-refractivity contribution in [2.75, 3.05) is 23.4 Å². The van der Waals surface area contributed by atoms with Crippen LogP contribution < -0.4 is 10.6 Å². The van der Waals surface area contributed by atoms with E-state index in [0.717, 1.165) is 18.5 Å². The van der Waals surface area contributed by atoms with E-state index in [1.54, 1.807) is 6.92 Å². The standard InChI is InChI=1S/C17H24N2O3S/c1-17(9-10-23(21,22)12-17)19-16(20)11-18-15-8-4-6-13-5-2-3-7-14(13)15/h4,6,8,18H,2-3,5,7,9-12H2,1H3,(H,19,20)/t17-/m0/s1. The second-order valence-corrected chi connectivity index (χ2v) is 9.14. The fourth-order valence-corrected chi connectivity index (χ4v) is 5.71. The van der Waals surface area contributed by atoms with Crippen LogP contribution in [-0.4, -0.2) is 37.9 Å². The summed E-state index contributed by atoms with van der Waals surface area (Å²) in [7, 11) is -3.01. The summed E-state index contributed by atoms with van der Waals surface area (Å²) in [5, 5.41) is 6.10. The van der Waals surface area contributed by atoms with E-state index in [9.17, 15) is 13.2 Å². The number of anilines is 1. The fraction of sp³-hybridized carbons (Fsp3) is 0.588. The van der Waals surface area contributed by atoms with Crippen LogP contribution in [0.5, 0.6) is 0 Å². The van der Waals surface area contributed by atoms with Gasteiger partial charge in [0.15, 0.2) is 9.84 Å². The molecule has 0 spiro atoms. The molecule has 1 aliphatic carbocycles. The molecule has 1 saturated heterocycles. The van der Waals surface area contributed by atoms with Crippen LogP contribution in [0.2, 0.25) is 0 Å². The van der Waals surface area contributed by atoms with Gasteiger partial charge in [-0.15, -0.1) is 0 Å². The highest BCUT2D eigenvalue weighted by Crippen LogP contribution is 2.28. The van der Waals surface area contributed by atoms with Crippen molar-refractivity contribution < 1.29 is 13.2 Å². The van der Waals surface area contributed by atoms with Gasteiger partial charge >= 0.3 is 0 Å². The molecule has 1 aliphatic heterocycles. The number of hydrogen-bond acceptors (Lipinski definition) is 4. The maximum Gasteiger partial charge on any atom is 0.239 e. The third-order valence-electron chi connectivity index (χ3n) is 4.78. The lowest BCUT2D eigenvalue weighted by Crippen LogP contribution is -2.48. The van der Waals surface area contributed by atoms with Crippen molar-refractivity contribution in [2.45, 2.75) is 44.6 Å². The molecule has 3 rings (SSSR count). The van der Waals surface area contributed by atoms with E-state index < -0.39 is 15.4 Å². The average Bonchev–Trinajstić information content (AvgIpc) is 2.78. The van der Waals surface area contributed by atoms with E-state index in [0.29, 0.717) is 6.42 Å². The molecule has 1 heterocycles. The van der Waals surface area contributed by atoms with Gasteiger partial charge in [-0.2, -0.15) is 0 Å². The SMILES string of the molecule is C[C@]1(NC(=O)CNc2cccc3c2CCCC3)CCS(=O)(=O)C1. The van der Waals surface area contributed by atoms with Gasteiger partial charge in [-0.1, -0.05) is 12.1 Å². The predicted molar refractivity (Wildman–Crippen MR) is 91.4 cm³/mol. The maximum atomic E-state index is 12.2. The van der Waals surface area contributed by atoms with E-state index in [2.05, 4.69) is 16.7 Å². The van der Waals surface area contributed by atoms with E-state index in [-0.39, 0.29) is 24.0 Å². The molecule has 0 radical (unpaired) electrons. The molecule has 2 aliphatic rings. The zero-order chi connectivity index (χ0) is 16.5. The van der Waals surface area contributed by atoms with Gasteiger partial charge in [-0.25, -0.2) is 8.42 Å². The molecule has 2 N–H and O–H groups in total. The number of rotatable bonds is 4. The Morgan fingerprint density at radius 3 is 2.78 bits per heavy atom. The quantitative estimate of drug-likeness (QED) is 0.877. The van der Waals surface area contributed by atoms with Crippen molar-refractivity contribution in [3.63, 3.8) is 0 Å².